The standard InChI is InChI=1S/C19H26FNO3.CH4/c1-18(2,3)10-13-8-14(20)7-12-9-15(11-22)21(16(12)13)17(23)24-19(4,5)6;/h7-9,22H,10-11H2,1-6H3;1H4. The van der Waals surface area contributed by atoms with Crippen LogP contribution in [-0.2, 0) is 17.8 Å². The van der Waals surface area contributed by atoms with E-state index in [0.29, 0.717) is 23.0 Å². The van der Waals surface area contributed by atoms with Crippen LogP contribution in [0.5, 0.6) is 0 Å². The molecule has 0 fully saturated rings. The van der Waals surface area contributed by atoms with Crippen molar-refractivity contribution >= 4 is 17.0 Å². The Bertz CT molecular complexity index is 764. The van der Waals surface area contributed by atoms with Gasteiger partial charge in [-0.05, 0) is 56.4 Å². The average Bonchev–Trinajstić information content (AvgIpc) is 2.73. The Morgan fingerprint density at radius 2 is 1.76 bits per heavy atom. The van der Waals surface area contributed by atoms with Crippen molar-refractivity contribution in [3.8, 4) is 0 Å². The van der Waals surface area contributed by atoms with Crippen molar-refractivity contribution in [2.45, 2.75) is 67.6 Å². The van der Waals surface area contributed by atoms with E-state index < -0.39 is 11.7 Å². The molecule has 1 N–H and O–H groups in total. The monoisotopic (exact) mass is 351 g/mol. The van der Waals surface area contributed by atoms with Gasteiger partial charge in [-0.3, -0.25) is 0 Å². The largest absolute Gasteiger partial charge is 0.443 e. The van der Waals surface area contributed by atoms with E-state index in [1.807, 2.05) is 0 Å². The molecule has 1 aromatic heterocycles. The van der Waals surface area contributed by atoms with E-state index >= 15 is 0 Å². The lowest BCUT2D eigenvalue weighted by Gasteiger charge is -2.23. The number of hydrogen-bond donors (Lipinski definition) is 1. The molecule has 0 spiro atoms. The first-order chi connectivity index (χ1) is 10.9. The Hall–Kier alpha value is -1.88. The highest BCUT2D eigenvalue weighted by Crippen LogP contribution is 2.31. The first kappa shape index (κ1) is 21.2. The predicted molar refractivity (Wildman–Crippen MR) is 99.3 cm³/mol. The molecule has 2 rings (SSSR count). The predicted octanol–water partition coefficient (Wildman–Crippen LogP) is 5.28. The molecule has 0 aliphatic rings. The summed E-state index contributed by atoms with van der Waals surface area (Å²) in [6, 6.07) is 4.46. The Kier molecular flexibility index (Phi) is 6.06. The van der Waals surface area contributed by atoms with Crippen LogP contribution in [0.1, 0.15) is 60.2 Å². The lowest BCUT2D eigenvalue weighted by Crippen LogP contribution is -2.28. The van der Waals surface area contributed by atoms with Crippen molar-refractivity contribution in [3.05, 3.63) is 35.3 Å². The second kappa shape index (κ2) is 7.16. The van der Waals surface area contributed by atoms with Crippen LogP contribution < -0.4 is 0 Å². The van der Waals surface area contributed by atoms with Crippen molar-refractivity contribution in [1.29, 1.82) is 0 Å². The summed E-state index contributed by atoms with van der Waals surface area (Å²) in [6.45, 7) is 11.2. The number of fused-ring (bicyclic) bond motifs is 1. The van der Waals surface area contributed by atoms with Crippen LogP contribution in [0.25, 0.3) is 10.9 Å². The van der Waals surface area contributed by atoms with Crippen LogP contribution in [0, 0.1) is 11.2 Å². The van der Waals surface area contributed by atoms with E-state index in [4.69, 9.17) is 4.74 Å². The van der Waals surface area contributed by atoms with Crippen LogP contribution in [0.2, 0.25) is 0 Å². The minimum Gasteiger partial charge on any atom is -0.443 e. The van der Waals surface area contributed by atoms with Crippen molar-refractivity contribution in [1.82, 2.24) is 4.57 Å². The van der Waals surface area contributed by atoms with Gasteiger partial charge in [0.2, 0.25) is 0 Å². The summed E-state index contributed by atoms with van der Waals surface area (Å²) < 4.78 is 20.8. The number of halogens is 1. The van der Waals surface area contributed by atoms with Gasteiger partial charge < -0.3 is 9.84 Å². The van der Waals surface area contributed by atoms with Gasteiger partial charge in [0.1, 0.15) is 11.4 Å². The number of aliphatic hydroxyl groups excluding tert-OH is 1. The molecule has 4 nitrogen and oxygen atoms in total. The quantitative estimate of drug-likeness (QED) is 0.801. The smallest absolute Gasteiger partial charge is 0.419 e. The molecular formula is C20H30FNO3. The summed E-state index contributed by atoms with van der Waals surface area (Å²) >= 11 is 0. The molecule has 0 radical (unpaired) electrons. The van der Waals surface area contributed by atoms with E-state index in [9.17, 15) is 14.3 Å². The maximum Gasteiger partial charge on any atom is 0.419 e. The fraction of sp³-hybridized carbons (Fsp3) is 0.550. The summed E-state index contributed by atoms with van der Waals surface area (Å²) in [5, 5.41) is 10.2. The van der Waals surface area contributed by atoms with Crippen molar-refractivity contribution < 1.29 is 19.0 Å². The molecule has 5 heteroatoms. The maximum atomic E-state index is 14.0. The van der Waals surface area contributed by atoms with Crippen LogP contribution in [-0.4, -0.2) is 21.4 Å². The summed E-state index contributed by atoms with van der Waals surface area (Å²) in [5.74, 6) is -0.354. The number of hydrogen-bond acceptors (Lipinski definition) is 3. The summed E-state index contributed by atoms with van der Waals surface area (Å²) in [4.78, 5) is 12.7. The van der Waals surface area contributed by atoms with Crippen LogP contribution in [0.3, 0.4) is 0 Å². The summed E-state index contributed by atoms with van der Waals surface area (Å²) in [6.07, 6.45) is 0.0298. The molecule has 0 amide bonds. The van der Waals surface area contributed by atoms with Gasteiger partial charge in [0, 0.05) is 5.39 Å². The molecule has 0 saturated carbocycles. The molecule has 0 aliphatic carbocycles. The lowest BCUT2D eigenvalue weighted by atomic mass is 9.87. The van der Waals surface area contributed by atoms with E-state index in [2.05, 4.69) is 20.8 Å². The highest BCUT2D eigenvalue weighted by molar-refractivity contribution is 5.93. The van der Waals surface area contributed by atoms with Gasteiger partial charge in [-0.25, -0.2) is 13.8 Å². The third-order valence-corrected chi connectivity index (χ3v) is 3.47. The Labute approximate surface area is 149 Å². The highest BCUT2D eigenvalue weighted by atomic mass is 19.1. The second-order valence-corrected chi connectivity index (χ2v) is 8.35. The summed E-state index contributed by atoms with van der Waals surface area (Å²) in [7, 11) is 0. The molecule has 0 aliphatic heterocycles. The topological polar surface area (TPSA) is 51.5 Å². The average molecular weight is 351 g/mol. The molecule has 140 valence electrons. The summed E-state index contributed by atoms with van der Waals surface area (Å²) in [5.41, 5.74) is 0.973. The van der Waals surface area contributed by atoms with Gasteiger partial charge in [-0.2, -0.15) is 0 Å². The van der Waals surface area contributed by atoms with E-state index in [1.165, 1.54) is 16.7 Å². The zero-order chi connectivity index (χ0) is 18.3. The van der Waals surface area contributed by atoms with E-state index in [-0.39, 0.29) is 25.3 Å². The number of aromatic nitrogens is 1. The van der Waals surface area contributed by atoms with Gasteiger partial charge in [0.05, 0.1) is 17.8 Å². The SMILES string of the molecule is C.CC(C)(C)Cc1cc(F)cc2cc(CO)n(C(=O)OC(C)(C)C)c12. The Morgan fingerprint density at radius 3 is 2.24 bits per heavy atom. The zero-order valence-electron chi connectivity index (χ0n) is 15.2. The lowest BCUT2D eigenvalue weighted by molar-refractivity contribution is 0.0533. The normalized spacial score (nSPS) is 12.2. The molecule has 1 heterocycles. The number of benzene rings is 1. The van der Waals surface area contributed by atoms with E-state index in [0.717, 1.165) is 5.56 Å². The molecular weight excluding hydrogens is 321 g/mol. The Balaban J connectivity index is 0.00000312. The third-order valence-electron chi connectivity index (χ3n) is 3.47. The number of ether oxygens (including phenoxy) is 1. The Morgan fingerprint density at radius 1 is 1.16 bits per heavy atom. The van der Waals surface area contributed by atoms with Gasteiger partial charge >= 0.3 is 6.09 Å². The van der Waals surface area contributed by atoms with Gasteiger partial charge in [0.25, 0.3) is 0 Å². The minimum absolute atomic E-state index is 0. The second-order valence-electron chi connectivity index (χ2n) is 8.35. The number of rotatable bonds is 2. The molecule has 0 bridgehead atoms. The van der Waals surface area contributed by atoms with E-state index in [1.54, 1.807) is 26.8 Å². The fourth-order valence-electron chi connectivity index (χ4n) is 2.79. The molecule has 2 aromatic rings. The maximum absolute atomic E-state index is 14.0. The molecule has 0 atom stereocenters. The fourth-order valence-corrected chi connectivity index (χ4v) is 2.79. The molecule has 1 aromatic carbocycles. The first-order valence-corrected chi connectivity index (χ1v) is 8.08. The van der Waals surface area contributed by atoms with Crippen molar-refractivity contribution in [2.24, 2.45) is 5.41 Å². The van der Waals surface area contributed by atoms with Crippen LogP contribution >= 0.6 is 0 Å². The molecule has 0 unspecified atom stereocenters. The number of carbonyl (C=O) groups is 1. The number of nitrogens with zero attached hydrogens (tertiary/aromatic N) is 1. The van der Waals surface area contributed by atoms with Crippen LogP contribution in [0.4, 0.5) is 9.18 Å². The van der Waals surface area contributed by atoms with Crippen molar-refractivity contribution in [2.75, 3.05) is 0 Å². The zero-order valence-corrected chi connectivity index (χ0v) is 15.2. The number of aliphatic hydroxyl groups is 1. The molecule has 25 heavy (non-hydrogen) atoms. The molecule has 0 saturated heterocycles. The van der Waals surface area contributed by atoms with Gasteiger partial charge in [-0.15, -0.1) is 0 Å². The van der Waals surface area contributed by atoms with Gasteiger partial charge in [-0.1, -0.05) is 28.2 Å². The first-order valence-electron chi connectivity index (χ1n) is 8.08. The van der Waals surface area contributed by atoms with Crippen molar-refractivity contribution in [3.63, 3.8) is 0 Å². The van der Waals surface area contributed by atoms with Gasteiger partial charge in [0.15, 0.2) is 0 Å². The van der Waals surface area contributed by atoms with Crippen LogP contribution in [0.15, 0.2) is 18.2 Å². The number of carbonyl (C=O) groups excluding carboxylic acids is 1. The minimum atomic E-state index is -0.662. The third kappa shape index (κ3) is 5.05. The highest BCUT2D eigenvalue weighted by Gasteiger charge is 2.25.